The number of hydrogen-bond acceptors (Lipinski definition) is 0. The second-order valence-electron chi connectivity index (χ2n) is 1.91. The third-order valence-electron chi connectivity index (χ3n) is 0.858. The standard InChI is InChI=1S/C4H7Cl5Si2/c5-10(6)3-1-2-4-11(7,8)9/h2,4,10H,1,3H2. The fourth-order valence-corrected chi connectivity index (χ4v) is 2.88. The van der Waals surface area contributed by atoms with Crippen molar-refractivity contribution in [1.29, 1.82) is 0 Å². The number of allylic oxidation sites excluding steroid dienone is 1. The van der Waals surface area contributed by atoms with Gasteiger partial charge in [-0.25, -0.2) is 0 Å². The Hall–Kier alpha value is 1.62. The van der Waals surface area contributed by atoms with Crippen molar-refractivity contribution in [3.05, 3.63) is 11.8 Å². The molecule has 0 fully saturated rings. The van der Waals surface area contributed by atoms with Gasteiger partial charge in [-0.3, -0.25) is 0 Å². The van der Waals surface area contributed by atoms with Gasteiger partial charge in [-0.05, 0) is 12.5 Å². The lowest BCUT2D eigenvalue weighted by Gasteiger charge is -1.98. The van der Waals surface area contributed by atoms with Crippen molar-refractivity contribution in [2.45, 2.75) is 12.5 Å². The van der Waals surface area contributed by atoms with E-state index >= 15 is 0 Å². The zero-order chi connectivity index (χ0) is 8.91. The van der Waals surface area contributed by atoms with Crippen molar-refractivity contribution in [2.75, 3.05) is 0 Å². The Morgan fingerprint density at radius 3 is 2.09 bits per heavy atom. The maximum atomic E-state index is 5.61. The summed E-state index contributed by atoms with van der Waals surface area (Å²) < 4.78 is 0. The second kappa shape index (κ2) is 6.13. The van der Waals surface area contributed by atoms with Gasteiger partial charge in [0.15, 0.2) is 0 Å². The minimum atomic E-state index is -2.56. The summed E-state index contributed by atoms with van der Waals surface area (Å²) in [7, 11) is -1.48. The average Bonchev–Trinajstić information content (AvgIpc) is 1.78. The molecule has 0 spiro atoms. The van der Waals surface area contributed by atoms with E-state index in [0.29, 0.717) is 0 Å². The van der Waals surface area contributed by atoms with Gasteiger partial charge in [-0.2, -0.15) is 22.2 Å². The molecule has 0 aliphatic heterocycles. The number of hydrogen-bond donors (Lipinski definition) is 0. The Morgan fingerprint density at radius 2 is 1.73 bits per heavy atom. The summed E-state index contributed by atoms with van der Waals surface area (Å²) in [6.45, 7) is 0. The van der Waals surface area contributed by atoms with Crippen LogP contribution in [0, 0.1) is 0 Å². The van der Waals surface area contributed by atoms with Crippen molar-refractivity contribution < 1.29 is 0 Å². The highest BCUT2D eigenvalue weighted by atomic mass is 35.8. The maximum Gasteiger partial charge on any atom is 0.365 e. The molecular weight excluding hydrogens is 281 g/mol. The van der Waals surface area contributed by atoms with Crippen LogP contribution in [-0.4, -0.2) is 13.4 Å². The first kappa shape index (κ1) is 12.6. The molecule has 0 saturated heterocycles. The summed E-state index contributed by atoms with van der Waals surface area (Å²) in [4.78, 5) is 0. The monoisotopic (exact) mass is 286 g/mol. The molecule has 0 heterocycles. The molecule has 0 aliphatic rings. The summed E-state index contributed by atoms with van der Waals surface area (Å²) in [6, 6.07) is -1.74. The van der Waals surface area contributed by atoms with E-state index in [1.807, 2.05) is 6.08 Å². The summed E-state index contributed by atoms with van der Waals surface area (Å²) in [5.41, 5.74) is 1.64. The van der Waals surface area contributed by atoms with Crippen LogP contribution < -0.4 is 0 Å². The molecule has 0 aromatic rings. The van der Waals surface area contributed by atoms with Gasteiger partial charge in [0.1, 0.15) is 0 Å². The lowest BCUT2D eigenvalue weighted by Crippen LogP contribution is -2.03. The molecule has 0 amide bonds. The third-order valence-corrected chi connectivity index (χ3v) is 4.69. The first-order chi connectivity index (χ1) is 4.92. The number of rotatable bonds is 4. The van der Waals surface area contributed by atoms with Crippen molar-refractivity contribution in [1.82, 2.24) is 0 Å². The molecule has 0 aromatic heterocycles. The van der Waals surface area contributed by atoms with Crippen LogP contribution in [0.3, 0.4) is 0 Å². The van der Waals surface area contributed by atoms with Crippen LogP contribution >= 0.6 is 55.4 Å². The molecule has 0 nitrogen and oxygen atoms in total. The quantitative estimate of drug-likeness (QED) is 0.545. The van der Waals surface area contributed by atoms with Crippen molar-refractivity contribution >= 4 is 68.8 Å². The Bertz CT molecular complexity index is 129. The summed E-state index contributed by atoms with van der Waals surface area (Å²) in [5.74, 6) is 0. The van der Waals surface area contributed by atoms with E-state index in [2.05, 4.69) is 0 Å². The third kappa shape index (κ3) is 11.6. The van der Waals surface area contributed by atoms with Gasteiger partial charge in [0.05, 0.1) is 0 Å². The van der Waals surface area contributed by atoms with Gasteiger partial charge in [0, 0.05) is 0 Å². The van der Waals surface area contributed by atoms with Crippen LogP contribution in [0.15, 0.2) is 11.8 Å². The van der Waals surface area contributed by atoms with Gasteiger partial charge < -0.3 is 0 Å². The lowest BCUT2D eigenvalue weighted by molar-refractivity contribution is 1.21. The molecule has 11 heavy (non-hydrogen) atoms. The largest absolute Gasteiger partial charge is 0.365 e. The van der Waals surface area contributed by atoms with Gasteiger partial charge in [-0.1, -0.05) is 11.8 Å². The topological polar surface area (TPSA) is 0 Å². The zero-order valence-corrected chi connectivity index (χ0v) is 11.5. The Kier molecular flexibility index (Phi) is 7.04. The molecular formula is C4H7Cl5Si2. The number of halogens is 5. The Morgan fingerprint density at radius 1 is 1.18 bits per heavy atom. The highest BCUT2D eigenvalue weighted by Gasteiger charge is 2.19. The molecule has 0 radical (unpaired) electrons. The molecule has 0 atom stereocenters. The van der Waals surface area contributed by atoms with Crippen LogP contribution in [0.1, 0.15) is 6.42 Å². The van der Waals surface area contributed by atoms with E-state index in [9.17, 15) is 0 Å². The zero-order valence-electron chi connectivity index (χ0n) is 5.54. The normalized spacial score (nSPS) is 13.3. The van der Waals surface area contributed by atoms with Crippen LogP contribution in [0.25, 0.3) is 0 Å². The molecule has 0 bridgehead atoms. The summed E-state index contributed by atoms with van der Waals surface area (Å²) in [5, 5.41) is 0. The van der Waals surface area contributed by atoms with Crippen molar-refractivity contribution in [2.24, 2.45) is 0 Å². The minimum Gasteiger partial charge on any atom is -0.150 e. The SMILES string of the molecule is Cl[SiH](Cl)CCC=C[Si](Cl)(Cl)Cl. The van der Waals surface area contributed by atoms with Gasteiger partial charge in [0.2, 0.25) is 7.42 Å². The fraction of sp³-hybridized carbons (Fsp3) is 0.500. The van der Waals surface area contributed by atoms with E-state index in [4.69, 9.17) is 55.4 Å². The highest BCUT2D eigenvalue weighted by molar-refractivity contribution is 7.66. The molecule has 0 aromatic carbocycles. The van der Waals surface area contributed by atoms with Crippen LogP contribution in [0.4, 0.5) is 0 Å². The first-order valence-corrected chi connectivity index (χ1v) is 12.4. The van der Waals surface area contributed by atoms with E-state index in [1.165, 1.54) is 0 Å². The average molecular weight is 289 g/mol. The molecule has 0 N–H and O–H groups in total. The van der Waals surface area contributed by atoms with E-state index in [0.717, 1.165) is 12.5 Å². The van der Waals surface area contributed by atoms with Gasteiger partial charge in [-0.15, -0.1) is 33.2 Å². The van der Waals surface area contributed by atoms with E-state index in [-0.39, 0.29) is 0 Å². The molecule has 0 unspecified atom stereocenters. The predicted molar refractivity (Wildman–Crippen MR) is 60.7 cm³/mol. The van der Waals surface area contributed by atoms with E-state index < -0.39 is 13.4 Å². The highest BCUT2D eigenvalue weighted by Crippen LogP contribution is 2.21. The molecule has 66 valence electrons. The molecule has 0 saturated carbocycles. The lowest BCUT2D eigenvalue weighted by atomic mass is 10.5. The summed E-state index contributed by atoms with van der Waals surface area (Å²) in [6.07, 6.45) is 2.65. The maximum absolute atomic E-state index is 5.61. The Labute approximate surface area is 92.5 Å². The molecule has 7 heteroatoms. The fourth-order valence-electron chi connectivity index (χ4n) is 0.439. The smallest absolute Gasteiger partial charge is 0.150 e. The Balaban J connectivity index is 3.46. The van der Waals surface area contributed by atoms with Crippen LogP contribution in [0.2, 0.25) is 6.04 Å². The van der Waals surface area contributed by atoms with Crippen molar-refractivity contribution in [3.8, 4) is 0 Å². The summed E-state index contributed by atoms with van der Waals surface area (Å²) >= 11 is 28.0. The van der Waals surface area contributed by atoms with Crippen LogP contribution in [-0.2, 0) is 0 Å². The van der Waals surface area contributed by atoms with Crippen LogP contribution in [0.5, 0.6) is 0 Å². The second-order valence-corrected chi connectivity index (χ2v) is 15.6. The predicted octanol–water partition coefficient (Wildman–Crippen LogP) is 3.83. The van der Waals surface area contributed by atoms with E-state index in [1.54, 1.807) is 5.70 Å². The first-order valence-electron chi connectivity index (χ1n) is 2.94. The van der Waals surface area contributed by atoms with Gasteiger partial charge >= 0.3 is 6.00 Å². The molecule has 0 rings (SSSR count). The minimum absolute atomic E-state index is 0.810. The van der Waals surface area contributed by atoms with Crippen molar-refractivity contribution in [3.63, 3.8) is 0 Å². The van der Waals surface area contributed by atoms with Gasteiger partial charge in [0.25, 0.3) is 0 Å². The molecule has 0 aliphatic carbocycles.